The number of amides is 1. The summed E-state index contributed by atoms with van der Waals surface area (Å²) >= 11 is 0. The first kappa shape index (κ1) is 17.7. The lowest BCUT2D eigenvalue weighted by Gasteiger charge is -2.27. The number of nitrogens with zero attached hydrogens (tertiary/aromatic N) is 3. The summed E-state index contributed by atoms with van der Waals surface area (Å²) in [5.41, 5.74) is 1.07. The molecule has 136 valence electrons. The van der Waals surface area contributed by atoms with Crippen LogP contribution in [-0.4, -0.2) is 47.4 Å². The number of hydrogen-bond donors (Lipinski definition) is 1. The largest absolute Gasteiger partial charge is 0.465 e. The Morgan fingerprint density at radius 2 is 2.28 bits per heavy atom. The van der Waals surface area contributed by atoms with Crippen LogP contribution < -0.4 is 5.32 Å². The highest BCUT2D eigenvalue weighted by Crippen LogP contribution is 2.37. The Morgan fingerprint density at radius 1 is 1.44 bits per heavy atom. The molecule has 3 heterocycles. The highest BCUT2D eigenvalue weighted by Gasteiger charge is 2.40. The van der Waals surface area contributed by atoms with Crippen molar-refractivity contribution in [3.63, 3.8) is 0 Å². The van der Waals surface area contributed by atoms with Gasteiger partial charge in [-0.2, -0.15) is 5.10 Å². The van der Waals surface area contributed by atoms with E-state index in [-0.39, 0.29) is 17.9 Å². The number of hydrogen-bond acceptors (Lipinski definition) is 5. The molecule has 0 spiro atoms. The molecule has 0 aliphatic carbocycles. The third-order valence-electron chi connectivity index (χ3n) is 4.64. The first-order valence-corrected chi connectivity index (χ1v) is 8.61. The minimum atomic E-state index is 0.0298. The number of methoxy groups -OCH3 is 1. The second-order valence-electron chi connectivity index (χ2n) is 6.58. The predicted octanol–water partition coefficient (Wildman–Crippen LogP) is 1.65. The van der Waals surface area contributed by atoms with Gasteiger partial charge >= 0.3 is 0 Å². The van der Waals surface area contributed by atoms with Gasteiger partial charge in [0.05, 0.1) is 25.4 Å². The van der Waals surface area contributed by atoms with E-state index in [0.717, 1.165) is 23.6 Å². The van der Waals surface area contributed by atoms with Gasteiger partial charge in [-0.15, -0.1) is 0 Å². The zero-order valence-corrected chi connectivity index (χ0v) is 15.1. The van der Waals surface area contributed by atoms with Crippen molar-refractivity contribution in [2.75, 3.05) is 26.8 Å². The maximum Gasteiger partial charge on any atom is 0.223 e. The molecule has 25 heavy (non-hydrogen) atoms. The Morgan fingerprint density at radius 3 is 2.92 bits per heavy atom. The van der Waals surface area contributed by atoms with Crippen molar-refractivity contribution in [1.29, 1.82) is 0 Å². The molecule has 0 radical (unpaired) electrons. The van der Waals surface area contributed by atoms with E-state index in [1.807, 2.05) is 43.4 Å². The van der Waals surface area contributed by atoms with Crippen LogP contribution in [0.3, 0.4) is 0 Å². The van der Waals surface area contributed by atoms with Crippen molar-refractivity contribution in [3.05, 3.63) is 41.6 Å². The van der Waals surface area contributed by atoms with Crippen LogP contribution in [0.4, 0.5) is 0 Å². The number of ether oxygens (including phenoxy) is 1. The Balaban J connectivity index is 1.68. The Hall–Kier alpha value is -2.12. The van der Waals surface area contributed by atoms with E-state index < -0.39 is 0 Å². The molecular weight excluding hydrogens is 320 g/mol. The van der Waals surface area contributed by atoms with Gasteiger partial charge in [-0.05, 0) is 19.1 Å². The Kier molecular flexibility index (Phi) is 5.55. The lowest BCUT2D eigenvalue weighted by atomic mass is 9.95. The van der Waals surface area contributed by atoms with E-state index in [4.69, 9.17) is 9.15 Å². The highest BCUT2D eigenvalue weighted by atomic mass is 16.5. The smallest absolute Gasteiger partial charge is 0.223 e. The molecule has 2 aromatic heterocycles. The SMILES string of the molecule is COCCN1C(=O)C[C@@H](CNCc2ccc(C)o2)[C@@H]1c1cnn(C)c1. The van der Waals surface area contributed by atoms with Gasteiger partial charge in [-0.1, -0.05) is 0 Å². The third-order valence-corrected chi connectivity index (χ3v) is 4.64. The lowest BCUT2D eigenvalue weighted by molar-refractivity contribution is -0.129. The molecule has 3 rings (SSSR count). The van der Waals surface area contributed by atoms with Crippen molar-refractivity contribution in [2.45, 2.75) is 25.9 Å². The number of aromatic nitrogens is 2. The molecule has 7 nitrogen and oxygen atoms in total. The van der Waals surface area contributed by atoms with E-state index in [1.165, 1.54) is 0 Å². The van der Waals surface area contributed by atoms with Crippen LogP contribution in [0, 0.1) is 12.8 Å². The first-order valence-electron chi connectivity index (χ1n) is 8.61. The fourth-order valence-electron chi connectivity index (χ4n) is 3.51. The van der Waals surface area contributed by atoms with E-state index in [2.05, 4.69) is 10.4 Å². The average Bonchev–Trinajstić information content (AvgIpc) is 3.25. The quantitative estimate of drug-likeness (QED) is 0.787. The van der Waals surface area contributed by atoms with E-state index in [0.29, 0.717) is 26.1 Å². The summed E-state index contributed by atoms with van der Waals surface area (Å²) in [7, 11) is 3.55. The van der Waals surface area contributed by atoms with Crippen molar-refractivity contribution in [2.24, 2.45) is 13.0 Å². The van der Waals surface area contributed by atoms with Crippen LogP contribution in [0.15, 0.2) is 28.9 Å². The van der Waals surface area contributed by atoms with Crippen molar-refractivity contribution >= 4 is 5.91 Å². The summed E-state index contributed by atoms with van der Waals surface area (Å²) in [6.45, 7) is 4.48. The zero-order chi connectivity index (χ0) is 17.8. The normalized spacial score (nSPS) is 20.6. The molecule has 0 saturated carbocycles. The molecule has 1 amide bonds. The molecule has 7 heteroatoms. The van der Waals surface area contributed by atoms with Gasteiger partial charge in [-0.25, -0.2) is 0 Å². The van der Waals surface area contributed by atoms with Gasteiger partial charge in [-0.3, -0.25) is 9.48 Å². The van der Waals surface area contributed by atoms with Crippen molar-refractivity contribution in [1.82, 2.24) is 20.0 Å². The molecule has 1 fully saturated rings. The molecule has 0 bridgehead atoms. The molecule has 1 aliphatic rings. The lowest BCUT2D eigenvalue weighted by Crippen LogP contribution is -2.33. The van der Waals surface area contributed by atoms with Crippen LogP contribution >= 0.6 is 0 Å². The Bertz CT molecular complexity index is 709. The molecule has 1 N–H and O–H groups in total. The number of aryl methyl sites for hydroxylation is 2. The highest BCUT2D eigenvalue weighted by molar-refractivity contribution is 5.79. The molecule has 0 unspecified atom stereocenters. The van der Waals surface area contributed by atoms with E-state index in [1.54, 1.807) is 11.8 Å². The summed E-state index contributed by atoms with van der Waals surface area (Å²) in [6.07, 6.45) is 4.38. The summed E-state index contributed by atoms with van der Waals surface area (Å²) in [6, 6.07) is 3.97. The number of carbonyl (C=O) groups excluding carboxylic acids is 1. The van der Waals surface area contributed by atoms with Gasteiger partial charge in [0.15, 0.2) is 0 Å². The van der Waals surface area contributed by atoms with Crippen LogP contribution in [0.5, 0.6) is 0 Å². The minimum absolute atomic E-state index is 0.0298. The standard InChI is InChI=1S/C18H26N4O3/c1-13-4-5-16(25-13)11-19-9-14-8-17(23)22(6-7-24-3)18(14)15-10-20-21(2)12-15/h4-5,10,12,14,18-19H,6-9,11H2,1-3H3/t14-,18+/m0/s1. The fraction of sp³-hybridized carbons (Fsp3) is 0.556. The van der Waals surface area contributed by atoms with Crippen molar-refractivity contribution < 1.29 is 13.9 Å². The van der Waals surface area contributed by atoms with E-state index in [9.17, 15) is 4.79 Å². The molecular formula is C18H26N4O3. The molecule has 1 aliphatic heterocycles. The topological polar surface area (TPSA) is 72.5 Å². The summed E-state index contributed by atoms with van der Waals surface area (Å²) in [5, 5.41) is 7.71. The van der Waals surface area contributed by atoms with E-state index >= 15 is 0 Å². The van der Waals surface area contributed by atoms with Crippen LogP contribution in [0.2, 0.25) is 0 Å². The number of likely N-dealkylation sites (tertiary alicyclic amines) is 1. The van der Waals surface area contributed by atoms with Crippen LogP contribution in [0.25, 0.3) is 0 Å². The number of carbonyl (C=O) groups is 1. The second kappa shape index (κ2) is 7.84. The predicted molar refractivity (Wildman–Crippen MR) is 92.8 cm³/mol. The molecule has 1 saturated heterocycles. The monoisotopic (exact) mass is 346 g/mol. The summed E-state index contributed by atoms with van der Waals surface area (Å²) in [4.78, 5) is 14.4. The summed E-state index contributed by atoms with van der Waals surface area (Å²) in [5.74, 6) is 2.19. The number of nitrogens with one attached hydrogen (secondary N) is 1. The van der Waals surface area contributed by atoms with Crippen LogP contribution in [-0.2, 0) is 23.1 Å². The van der Waals surface area contributed by atoms with Gasteiger partial charge in [0, 0.05) is 51.3 Å². The summed E-state index contributed by atoms with van der Waals surface area (Å²) < 4.78 is 12.5. The van der Waals surface area contributed by atoms with Gasteiger partial charge in [0.2, 0.25) is 5.91 Å². The molecule has 2 aromatic rings. The van der Waals surface area contributed by atoms with Gasteiger partial charge in [0.1, 0.15) is 11.5 Å². The minimum Gasteiger partial charge on any atom is -0.465 e. The zero-order valence-electron chi connectivity index (χ0n) is 15.1. The van der Waals surface area contributed by atoms with Crippen molar-refractivity contribution in [3.8, 4) is 0 Å². The molecule has 0 aromatic carbocycles. The number of furan rings is 1. The fourth-order valence-corrected chi connectivity index (χ4v) is 3.51. The molecule has 2 atom stereocenters. The maximum atomic E-state index is 12.5. The first-order chi connectivity index (χ1) is 12.1. The maximum absolute atomic E-state index is 12.5. The second-order valence-corrected chi connectivity index (χ2v) is 6.58. The number of rotatable bonds is 8. The van der Waals surface area contributed by atoms with Crippen LogP contribution in [0.1, 0.15) is 29.5 Å². The average molecular weight is 346 g/mol. The van der Waals surface area contributed by atoms with Gasteiger partial charge < -0.3 is 19.4 Å². The van der Waals surface area contributed by atoms with Gasteiger partial charge in [0.25, 0.3) is 0 Å². The third kappa shape index (κ3) is 4.11. The Labute approximate surface area is 147 Å².